The SMILES string of the molecule is Cc1nc(-c2ccccn2)cc(N2CCC(C)C2)c1-c1ccccc1F. The van der Waals surface area contributed by atoms with E-state index in [-0.39, 0.29) is 5.82 Å². The molecule has 26 heavy (non-hydrogen) atoms. The minimum Gasteiger partial charge on any atom is -0.371 e. The van der Waals surface area contributed by atoms with Crippen molar-refractivity contribution < 1.29 is 4.39 Å². The molecule has 3 nitrogen and oxygen atoms in total. The third-order valence-corrected chi connectivity index (χ3v) is 5.01. The molecule has 0 bridgehead atoms. The Balaban J connectivity index is 1.92. The van der Waals surface area contributed by atoms with Crippen LogP contribution in [-0.2, 0) is 0 Å². The molecule has 3 aromatic rings. The Morgan fingerprint density at radius 2 is 1.88 bits per heavy atom. The molecule has 0 aliphatic carbocycles. The summed E-state index contributed by atoms with van der Waals surface area (Å²) in [6, 6.07) is 14.8. The predicted octanol–water partition coefficient (Wildman–Crippen LogP) is 5.10. The third kappa shape index (κ3) is 3.07. The van der Waals surface area contributed by atoms with Crippen molar-refractivity contribution in [2.24, 2.45) is 5.92 Å². The van der Waals surface area contributed by atoms with Crippen molar-refractivity contribution in [3.8, 4) is 22.5 Å². The fraction of sp³-hybridized carbons (Fsp3) is 0.273. The lowest BCUT2D eigenvalue weighted by atomic mass is 9.99. The number of rotatable bonds is 3. The number of aryl methyl sites for hydroxylation is 1. The average molecular weight is 347 g/mol. The molecule has 3 heterocycles. The summed E-state index contributed by atoms with van der Waals surface area (Å²) < 4.78 is 14.6. The fourth-order valence-electron chi connectivity index (χ4n) is 3.70. The lowest BCUT2D eigenvalue weighted by Crippen LogP contribution is -2.21. The summed E-state index contributed by atoms with van der Waals surface area (Å²) in [6.45, 7) is 6.17. The molecule has 1 fully saturated rings. The normalized spacial score (nSPS) is 16.9. The maximum absolute atomic E-state index is 14.6. The first kappa shape index (κ1) is 16.7. The molecule has 0 N–H and O–H groups in total. The molecular weight excluding hydrogens is 325 g/mol. The molecule has 2 aromatic heterocycles. The molecule has 0 spiro atoms. The van der Waals surface area contributed by atoms with Crippen molar-refractivity contribution in [3.63, 3.8) is 0 Å². The van der Waals surface area contributed by atoms with Gasteiger partial charge in [-0.25, -0.2) is 4.39 Å². The number of anilines is 1. The van der Waals surface area contributed by atoms with Gasteiger partial charge in [-0.15, -0.1) is 0 Å². The summed E-state index contributed by atoms with van der Waals surface area (Å²) in [4.78, 5) is 11.5. The van der Waals surface area contributed by atoms with Gasteiger partial charge in [0.05, 0.1) is 11.4 Å². The van der Waals surface area contributed by atoms with Gasteiger partial charge >= 0.3 is 0 Å². The van der Waals surface area contributed by atoms with Gasteiger partial charge in [0.1, 0.15) is 5.82 Å². The molecule has 0 radical (unpaired) electrons. The fourth-order valence-corrected chi connectivity index (χ4v) is 3.70. The van der Waals surface area contributed by atoms with Gasteiger partial charge in [-0.05, 0) is 43.5 Å². The van der Waals surface area contributed by atoms with Gasteiger partial charge in [0.25, 0.3) is 0 Å². The smallest absolute Gasteiger partial charge is 0.131 e. The Morgan fingerprint density at radius 1 is 1.08 bits per heavy atom. The van der Waals surface area contributed by atoms with E-state index in [1.54, 1.807) is 12.3 Å². The highest BCUT2D eigenvalue weighted by Crippen LogP contribution is 2.39. The van der Waals surface area contributed by atoms with Gasteiger partial charge in [-0.3, -0.25) is 9.97 Å². The van der Waals surface area contributed by atoms with Crippen LogP contribution in [0.2, 0.25) is 0 Å². The van der Waals surface area contributed by atoms with Gasteiger partial charge in [-0.2, -0.15) is 0 Å². The Bertz CT molecular complexity index is 924. The van der Waals surface area contributed by atoms with Crippen LogP contribution >= 0.6 is 0 Å². The number of hydrogen-bond acceptors (Lipinski definition) is 3. The summed E-state index contributed by atoms with van der Waals surface area (Å²) in [5.41, 5.74) is 5.04. The van der Waals surface area contributed by atoms with Crippen molar-refractivity contribution >= 4 is 5.69 Å². The summed E-state index contributed by atoms with van der Waals surface area (Å²) in [5, 5.41) is 0. The van der Waals surface area contributed by atoms with Crippen LogP contribution in [0, 0.1) is 18.7 Å². The number of halogens is 1. The average Bonchev–Trinajstić information content (AvgIpc) is 3.09. The van der Waals surface area contributed by atoms with Crippen LogP contribution in [0.15, 0.2) is 54.7 Å². The highest BCUT2D eigenvalue weighted by atomic mass is 19.1. The maximum Gasteiger partial charge on any atom is 0.131 e. The molecule has 0 saturated carbocycles. The van der Waals surface area contributed by atoms with E-state index in [1.165, 1.54) is 6.07 Å². The molecule has 1 unspecified atom stereocenters. The van der Waals surface area contributed by atoms with E-state index < -0.39 is 0 Å². The van der Waals surface area contributed by atoms with Crippen molar-refractivity contribution in [3.05, 3.63) is 66.2 Å². The predicted molar refractivity (Wildman–Crippen MR) is 104 cm³/mol. The van der Waals surface area contributed by atoms with Crippen LogP contribution in [0.1, 0.15) is 19.0 Å². The third-order valence-electron chi connectivity index (χ3n) is 5.01. The number of nitrogens with zero attached hydrogens (tertiary/aromatic N) is 3. The van der Waals surface area contributed by atoms with E-state index in [4.69, 9.17) is 4.98 Å². The molecular formula is C22H22FN3. The quantitative estimate of drug-likeness (QED) is 0.660. The standard InChI is InChI=1S/C22H22FN3/c1-15-10-12-26(14-15)21-13-20(19-9-5-6-11-24-19)25-16(2)22(21)17-7-3-4-8-18(17)23/h3-9,11,13,15H,10,12,14H2,1-2H3. The lowest BCUT2D eigenvalue weighted by Gasteiger charge is -2.24. The van der Waals surface area contributed by atoms with Crippen LogP contribution in [0.5, 0.6) is 0 Å². The molecule has 1 saturated heterocycles. The Hall–Kier alpha value is -2.75. The molecule has 1 aliphatic heterocycles. The second kappa shape index (κ2) is 6.87. The molecule has 1 aromatic carbocycles. The molecule has 0 amide bonds. The summed E-state index contributed by atoms with van der Waals surface area (Å²) in [6.07, 6.45) is 2.92. The maximum atomic E-state index is 14.6. The Kier molecular flexibility index (Phi) is 4.41. The number of pyridine rings is 2. The van der Waals surface area contributed by atoms with Crippen molar-refractivity contribution in [1.29, 1.82) is 0 Å². The van der Waals surface area contributed by atoms with Gasteiger partial charge in [-0.1, -0.05) is 31.2 Å². The first-order chi connectivity index (χ1) is 12.6. The minimum atomic E-state index is -0.212. The molecule has 132 valence electrons. The number of hydrogen-bond donors (Lipinski definition) is 0. The minimum absolute atomic E-state index is 0.212. The number of benzene rings is 1. The topological polar surface area (TPSA) is 29.0 Å². The van der Waals surface area contributed by atoms with E-state index >= 15 is 0 Å². The zero-order chi connectivity index (χ0) is 18.1. The second-order valence-corrected chi connectivity index (χ2v) is 7.02. The highest BCUT2D eigenvalue weighted by Gasteiger charge is 2.25. The van der Waals surface area contributed by atoms with Crippen LogP contribution in [0.4, 0.5) is 10.1 Å². The second-order valence-electron chi connectivity index (χ2n) is 7.02. The van der Waals surface area contributed by atoms with Crippen molar-refractivity contribution in [1.82, 2.24) is 9.97 Å². The van der Waals surface area contributed by atoms with Crippen molar-refractivity contribution in [2.75, 3.05) is 18.0 Å². The molecule has 1 atom stereocenters. The molecule has 4 rings (SSSR count). The van der Waals surface area contributed by atoms with Crippen LogP contribution in [-0.4, -0.2) is 23.1 Å². The zero-order valence-electron chi connectivity index (χ0n) is 15.1. The lowest BCUT2D eigenvalue weighted by molar-refractivity contribution is 0.631. The Labute approximate surface area is 153 Å². The van der Waals surface area contributed by atoms with Gasteiger partial charge in [0.2, 0.25) is 0 Å². The Morgan fingerprint density at radius 3 is 2.58 bits per heavy atom. The first-order valence-electron chi connectivity index (χ1n) is 9.06. The van der Waals surface area contributed by atoms with Gasteiger partial charge in [0, 0.05) is 41.8 Å². The largest absolute Gasteiger partial charge is 0.371 e. The van der Waals surface area contributed by atoms with Crippen molar-refractivity contribution in [2.45, 2.75) is 20.3 Å². The monoisotopic (exact) mass is 347 g/mol. The van der Waals surface area contributed by atoms with Crippen LogP contribution in [0.25, 0.3) is 22.5 Å². The number of aromatic nitrogens is 2. The first-order valence-corrected chi connectivity index (χ1v) is 9.06. The molecule has 1 aliphatic rings. The van der Waals surface area contributed by atoms with Crippen LogP contribution < -0.4 is 4.90 Å². The zero-order valence-corrected chi connectivity index (χ0v) is 15.1. The van der Waals surface area contributed by atoms with Crippen LogP contribution in [0.3, 0.4) is 0 Å². The van der Waals surface area contributed by atoms with E-state index in [2.05, 4.69) is 22.9 Å². The summed E-state index contributed by atoms with van der Waals surface area (Å²) in [7, 11) is 0. The van der Waals surface area contributed by atoms with Gasteiger partial charge < -0.3 is 4.90 Å². The van der Waals surface area contributed by atoms with E-state index in [0.29, 0.717) is 11.5 Å². The highest BCUT2D eigenvalue weighted by molar-refractivity contribution is 5.83. The molecule has 4 heteroatoms. The van der Waals surface area contributed by atoms with Gasteiger partial charge in [0.15, 0.2) is 0 Å². The summed E-state index contributed by atoms with van der Waals surface area (Å²) in [5.74, 6) is 0.423. The van der Waals surface area contributed by atoms with E-state index in [1.807, 2.05) is 37.3 Å². The van der Waals surface area contributed by atoms with E-state index in [9.17, 15) is 4.39 Å². The summed E-state index contributed by atoms with van der Waals surface area (Å²) >= 11 is 0. The van der Waals surface area contributed by atoms with E-state index in [0.717, 1.165) is 47.8 Å².